The number of hydrogen-bond acceptors (Lipinski definition) is 3. The van der Waals surface area contributed by atoms with Gasteiger partial charge in [-0.1, -0.05) is 37.3 Å². The minimum Gasteiger partial charge on any atom is -0.352 e. The van der Waals surface area contributed by atoms with Crippen LogP contribution in [0, 0.1) is 0 Å². The van der Waals surface area contributed by atoms with Gasteiger partial charge in [-0.05, 0) is 45.2 Å². The summed E-state index contributed by atoms with van der Waals surface area (Å²) in [5.74, 6) is -0.166. The maximum absolute atomic E-state index is 12.6. The van der Waals surface area contributed by atoms with E-state index in [0.717, 1.165) is 32.4 Å². The standard InChI is InChI=1S/C19H29N3O2/c1-4-14(2)20-18(23)15(3)21-19(24)17-11-8-12-22(17)13-16-9-6-5-7-10-16/h5-7,9-10,14-15,17H,4,8,11-13H2,1-3H3,(H,20,23)(H,21,24). The molecule has 1 fully saturated rings. The van der Waals surface area contributed by atoms with Gasteiger partial charge in [-0.3, -0.25) is 14.5 Å². The average molecular weight is 331 g/mol. The lowest BCUT2D eigenvalue weighted by molar-refractivity contribution is -0.131. The minimum atomic E-state index is -0.509. The monoisotopic (exact) mass is 331 g/mol. The van der Waals surface area contributed by atoms with E-state index in [4.69, 9.17) is 0 Å². The molecule has 0 radical (unpaired) electrons. The lowest BCUT2D eigenvalue weighted by Gasteiger charge is -2.25. The zero-order valence-corrected chi connectivity index (χ0v) is 14.9. The zero-order valence-electron chi connectivity index (χ0n) is 14.9. The third kappa shape index (κ3) is 5.06. The van der Waals surface area contributed by atoms with Gasteiger partial charge in [0.2, 0.25) is 11.8 Å². The molecule has 2 rings (SSSR count). The van der Waals surface area contributed by atoms with Crippen LogP contribution in [0.15, 0.2) is 30.3 Å². The van der Waals surface area contributed by atoms with Crippen LogP contribution in [0.5, 0.6) is 0 Å². The van der Waals surface area contributed by atoms with Crippen molar-refractivity contribution in [3.63, 3.8) is 0 Å². The first-order valence-electron chi connectivity index (χ1n) is 8.90. The summed E-state index contributed by atoms with van der Waals surface area (Å²) >= 11 is 0. The molecule has 0 bridgehead atoms. The molecule has 1 aromatic carbocycles. The third-order valence-corrected chi connectivity index (χ3v) is 4.65. The quantitative estimate of drug-likeness (QED) is 0.804. The summed E-state index contributed by atoms with van der Waals surface area (Å²) < 4.78 is 0. The van der Waals surface area contributed by atoms with Crippen molar-refractivity contribution in [2.75, 3.05) is 6.54 Å². The molecule has 132 valence electrons. The maximum atomic E-state index is 12.6. The van der Waals surface area contributed by atoms with E-state index in [1.807, 2.05) is 32.0 Å². The molecule has 5 heteroatoms. The van der Waals surface area contributed by atoms with Gasteiger partial charge >= 0.3 is 0 Å². The van der Waals surface area contributed by atoms with Crippen LogP contribution in [-0.4, -0.2) is 41.4 Å². The fraction of sp³-hybridized carbons (Fsp3) is 0.579. The number of carbonyl (C=O) groups excluding carboxylic acids is 2. The highest BCUT2D eigenvalue weighted by atomic mass is 16.2. The van der Waals surface area contributed by atoms with E-state index < -0.39 is 6.04 Å². The van der Waals surface area contributed by atoms with Crippen molar-refractivity contribution in [1.29, 1.82) is 0 Å². The van der Waals surface area contributed by atoms with Crippen molar-refractivity contribution in [2.45, 2.75) is 64.7 Å². The Bertz CT molecular complexity index is 547. The van der Waals surface area contributed by atoms with Gasteiger partial charge in [0.15, 0.2) is 0 Å². The van der Waals surface area contributed by atoms with Gasteiger partial charge in [0.05, 0.1) is 6.04 Å². The van der Waals surface area contributed by atoms with Crippen molar-refractivity contribution in [1.82, 2.24) is 15.5 Å². The molecule has 1 aliphatic rings. The van der Waals surface area contributed by atoms with Crippen molar-refractivity contribution in [3.05, 3.63) is 35.9 Å². The fourth-order valence-corrected chi connectivity index (χ4v) is 2.98. The second-order valence-electron chi connectivity index (χ2n) is 6.66. The molecule has 5 nitrogen and oxygen atoms in total. The molecular weight excluding hydrogens is 302 g/mol. The average Bonchev–Trinajstić information content (AvgIpc) is 3.03. The molecule has 1 aromatic rings. The molecule has 0 saturated carbocycles. The van der Waals surface area contributed by atoms with Crippen LogP contribution in [-0.2, 0) is 16.1 Å². The fourth-order valence-electron chi connectivity index (χ4n) is 2.98. The predicted octanol–water partition coefficient (Wildman–Crippen LogP) is 2.07. The second kappa shape index (κ2) is 8.83. The van der Waals surface area contributed by atoms with E-state index in [-0.39, 0.29) is 23.9 Å². The summed E-state index contributed by atoms with van der Waals surface area (Å²) in [6.07, 6.45) is 2.73. The molecule has 0 spiro atoms. The van der Waals surface area contributed by atoms with Crippen LogP contribution in [0.1, 0.15) is 45.6 Å². The van der Waals surface area contributed by atoms with Gasteiger partial charge < -0.3 is 10.6 Å². The number of amides is 2. The number of hydrogen-bond donors (Lipinski definition) is 2. The van der Waals surface area contributed by atoms with E-state index in [1.54, 1.807) is 6.92 Å². The van der Waals surface area contributed by atoms with Gasteiger partial charge in [-0.2, -0.15) is 0 Å². The van der Waals surface area contributed by atoms with Crippen LogP contribution < -0.4 is 10.6 Å². The number of nitrogens with one attached hydrogen (secondary N) is 2. The third-order valence-electron chi connectivity index (χ3n) is 4.65. The van der Waals surface area contributed by atoms with E-state index in [2.05, 4.69) is 27.7 Å². The van der Waals surface area contributed by atoms with Crippen molar-refractivity contribution in [2.24, 2.45) is 0 Å². The summed E-state index contributed by atoms with van der Waals surface area (Å²) in [4.78, 5) is 26.9. The molecule has 1 heterocycles. The Kier molecular flexibility index (Phi) is 6.79. The van der Waals surface area contributed by atoms with E-state index in [0.29, 0.717) is 0 Å². The number of benzene rings is 1. The molecule has 2 N–H and O–H groups in total. The Hall–Kier alpha value is -1.88. The Balaban J connectivity index is 1.89. The van der Waals surface area contributed by atoms with Gasteiger partial charge in [0.1, 0.15) is 6.04 Å². The van der Waals surface area contributed by atoms with Gasteiger partial charge in [-0.25, -0.2) is 0 Å². The number of likely N-dealkylation sites (tertiary alicyclic amines) is 1. The van der Waals surface area contributed by atoms with E-state index in [9.17, 15) is 9.59 Å². The first-order chi connectivity index (χ1) is 11.5. The Morgan fingerprint density at radius 2 is 1.92 bits per heavy atom. The normalized spacial score (nSPS) is 20.4. The number of carbonyl (C=O) groups is 2. The van der Waals surface area contributed by atoms with Gasteiger partial charge in [-0.15, -0.1) is 0 Å². The molecule has 2 amide bonds. The number of nitrogens with zero attached hydrogens (tertiary/aromatic N) is 1. The zero-order chi connectivity index (χ0) is 17.5. The smallest absolute Gasteiger partial charge is 0.242 e. The van der Waals surface area contributed by atoms with Crippen LogP contribution in [0.2, 0.25) is 0 Å². The summed E-state index contributed by atoms with van der Waals surface area (Å²) in [7, 11) is 0. The van der Waals surface area contributed by atoms with E-state index >= 15 is 0 Å². The first-order valence-corrected chi connectivity index (χ1v) is 8.90. The summed E-state index contributed by atoms with van der Waals surface area (Å²) in [6.45, 7) is 7.41. The molecule has 24 heavy (non-hydrogen) atoms. The Morgan fingerprint density at radius 3 is 2.58 bits per heavy atom. The topological polar surface area (TPSA) is 61.4 Å². The van der Waals surface area contributed by atoms with Gasteiger partial charge in [0, 0.05) is 12.6 Å². The van der Waals surface area contributed by atoms with Crippen LogP contribution in [0.25, 0.3) is 0 Å². The second-order valence-corrected chi connectivity index (χ2v) is 6.66. The molecule has 3 unspecified atom stereocenters. The number of rotatable bonds is 7. The molecule has 1 saturated heterocycles. The molecule has 1 aliphatic heterocycles. The highest BCUT2D eigenvalue weighted by Gasteiger charge is 2.32. The van der Waals surface area contributed by atoms with Crippen LogP contribution in [0.3, 0.4) is 0 Å². The lowest BCUT2D eigenvalue weighted by Crippen LogP contribution is -2.52. The van der Waals surface area contributed by atoms with Crippen molar-refractivity contribution in [3.8, 4) is 0 Å². The summed E-state index contributed by atoms with van der Waals surface area (Å²) in [6, 6.07) is 9.65. The molecule has 0 aliphatic carbocycles. The van der Waals surface area contributed by atoms with Crippen molar-refractivity contribution >= 4 is 11.8 Å². The Morgan fingerprint density at radius 1 is 1.21 bits per heavy atom. The van der Waals surface area contributed by atoms with Crippen LogP contribution >= 0.6 is 0 Å². The summed E-state index contributed by atoms with van der Waals surface area (Å²) in [5, 5.41) is 5.78. The maximum Gasteiger partial charge on any atom is 0.242 e. The van der Waals surface area contributed by atoms with Crippen LogP contribution in [0.4, 0.5) is 0 Å². The van der Waals surface area contributed by atoms with Gasteiger partial charge in [0.25, 0.3) is 0 Å². The minimum absolute atomic E-state index is 0.0461. The highest BCUT2D eigenvalue weighted by Crippen LogP contribution is 2.20. The van der Waals surface area contributed by atoms with Crippen molar-refractivity contribution < 1.29 is 9.59 Å². The Labute approximate surface area is 144 Å². The lowest BCUT2D eigenvalue weighted by atomic mass is 10.1. The predicted molar refractivity (Wildman–Crippen MR) is 95.4 cm³/mol. The highest BCUT2D eigenvalue weighted by molar-refractivity contribution is 5.89. The molecular formula is C19H29N3O2. The largest absolute Gasteiger partial charge is 0.352 e. The van der Waals surface area contributed by atoms with E-state index in [1.165, 1.54) is 5.56 Å². The summed E-state index contributed by atoms with van der Waals surface area (Å²) in [5.41, 5.74) is 1.21. The SMILES string of the molecule is CCC(C)NC(=O)C(C)NC(=O)C1CCCN1Cc1ccccc1. The molecule has 0 aromatic heterocycles. The first kappa shape index (κ1) is 18.5. The molecule has 3 atom stereocenters.